The van der Waals surface area contributed by atoms with Crippen LogP contribution in [0.15, 0.2) is 90.1 Å². The van der Waals surface area contributed by atoms with Gasteiger partial charge in [-0.05, 0) is 49.8 Å². The smallest absolute Gasteiger partial charge is 0.255 e. The molecule has 32 heavy (non-hydrogen) atoms. The highest BCUT2D eigenvalue weighted by Gasteiger charge is 2.31. The highest BCUT2D eigenvalue weighted by molar-refractivity contribution is 7.80. The van der Waals surface area contributed by atoms with Gasteiger partial charge in [-0.2, -0.15) is 0 Å². The van der Waals surface area contributed by atoms with Gasteiger partial charge >= 0.3 is 0 Å². The van der Waals surface area contributed by atoms with Crippen LogP contribution in [-0.2, 0) is 11.4 Å². The Morgan fingerprint density at radius 3 is 2.41 bits per heavy atom. The molecular weight excluding hydrogens is 418 g/mol. The number of ether oxygens (including phenoxy) is 1. The van der Waals surface area contributed by atoms with E-state index < -0.39 is 6.04 Å². The summed E-state index contributed by atoms with van der Waals surface area (Å²) in [7, 11) is 0. The fraction of sp³-hybridized carbons (Fsp3) is 0.154. The molecule has 6 heteroatoms. The van der Waals surface area contributed by atoms with Crippen molar-refractivity contribution >= 4 is 28.9 Å². The fourth-order valence-electron chi connectivity index (χ4n) is 3.64. The van der Waals surface area contributed by atoms with E-state index in [9.17, 15) is 4.79 Å². The zero-order chi connectivity index (χ0) is 22.5. The quantitative estimate of drug-likeness (QED) is 0.468. The molecule has 162 valence electrons. The number of hydrogen-bond acceptors (Lipinski definition) is 3. The predicted molar refractivity (Wildman–Crippen MR) is 131 cm³/mol. The van der Waals surface area contributed by atoms with Gasteiger partial charge in [-0.3, -0.25) is 4.79 Å². The average Bonchev–Trinajstić information content (AvgIpc) is 2.79. The first kappa shape index (κ1) is 21.6. The number of rotatable bonds is 6. The Morgan fingerprint density at radius 2 is 1.66 bits per heavy atom. The van der Waals surface area contributed by atoms with Gasteiger partial charge in [0.2, 0.25) is 0 Å². The third-order valence-electron chi connectivity index (χ3n) is 5.29. The first-order valence-electron chi connectivity index (χ1n) is 10.4. The number of para-hydroxylation sites is 2. The summed E-state index contributed by atoms with van der Waals surface area (Å²) in [4.78, 5) is 13.3. The van der Waals surface area contributed by atoms with Crippen molar-refractivity contribution in [1.82, 2.24) is 10.6 Å². The molecule has 1 heterocycles. The molecule has 0 fully saturated rings. The summed E-state index contributed by atoms with van der Waals surface area (Å²) in [5, 5.41) is 9.77. The number of thiocarbonyl (C=S) groups is 1. The van der Waals surface area contributed by atoms with E-state index in [1.807, 2.05) is 61.5 Å². The normalized spacial score (nSPS) is 15.6. The molecule has 0 aromatic heterocycles. The largest absolute Gasteiger partial charge is 0.489 e. The third kappa shape index (κ3) is 4.98. The Balaban J connectivity index is 1.63. The topological polar surface area (TPSA) is 62.4 Å². The molecule has 0 spiro atoms. The maximum atomic E-state index is 13.3. The molecule has 3 aromatic rings. The summed E-state index contributed by atoms with van der Waals surface area (Å²) in [5.41, 5.74) is 5.13. The predicted octanol–water partition coefficient (Wildman–Crippen LogP) is 5.01. The molecule has 5 nitrogen and oxygen atoms in total. The maximum absolute atomic E-state index is 13.3. The molecule has 3 aromatic carbocycles. The minimum atomic E-state index is -0.443. The lowest BCUT2D eigenvalue weighted by atomic mass is 9.94. The van der Waals surface area contributed by atoms with Crippen LogP contribution >= 0.6 is 12.2 Å². The molecule has 1 amide bonds. The second-order valence-electron chi connectivity index (χ2n) is 7.70. The van der Waals surface area contributed by atoms with Gasteiger partial charge in [0.1, 0.15) is 12.4 Å². The highest BCUT2D eigenvalue weighted by Crippen LogP contribution is 2.34. The fourth-order valence-corrected chi connectivity index (χ4v) is 3.91. The molecule has 0 saturated carbocycles. The standard InChI is InChI=1S/C26H25N3O2S/c1-17-12-14-19(15-13-17)16-31-22-11-7-6-10-21(22)24-23(18(2)27-26(32)29-24)25(30)28-20-8-4-3-5-9-20/h3-15,24H,16H2,1-2H3,(H,28,30)(H2,27,29,32)/t24-/m1/s1. The second-order valence-corrected chi connectivity index (χ2v) is 8.11. The first-order valence-corrected chi connectivity index (χ1v) is 10.8. The van der Waals surface area contributed by atoms with Crippen molar-refractivity contribution in [2.24, 2.45) is 0 Å². The number of aryl methyl sites for hydroxylation is 1. The van der Waals surface area contributed by atoms with Gasteiger partial charge in [-0.25, -0.2) is 0 Å². The first-order chi connectivity index (χ1) is 15.5. The minimum absolute atomic E-state index is 0.200. The molecule has 0 radical (unpaired) electrons. The Labute approximate surface area is 193 Å². The van der Waals surface area contributed by atoms with Crippen LogP contribution in [0, 0.1) is 6.92 Å². The van der Waals surface area contributed by atoms with Crippen molar-refractivity contribution < 1.29 is 9.53 Å². The number of carbonyl (C=O) groups is 1. The van der Waals surface area contributed by atoms with Crippen LogP contribution < -0.4 is 20.7 Å². The van der Waals surface area contributed by atoms with Crippen molar-refractivity contribution in [1.29, 1.82) is 0 Å². The number of hydrogen-bond donors (Lipinski definition) is 3. The molecule has 0 bridgehead atoms. The van der Waals surface area contributed by atoms with E-state index >= 15 is 0 Å². The molecule has 0 unspecified atom stereocenters. The second kappa shape index (κ2) is 9.66. The molecular formula is C26H25N3O2S. The van der Waals surface area contributed by atoms with Crippen molar-refractivity contribution in [2.75, 3.05) is 5.32 Å². The van der Waals surface area contributed by atoms with E-state index in [4.69, 9.17) is 17.0 Å². The van der Waals surface area contributed by atoms with Crippen LogP contribution in [0.3, 0.4) is 0 Å². The van der Waals surface area contributed by atoms with Crippen LogP contribution in [0.4, 0.5) is 5.69 Å². The van der Waals surface area contributed by atoms with Gasteiger partial charge in [0.25, 0.3) is 5.91 Å². The van der Waals surface area contributed by atoms with E-state index in [0.29, 0.717) is 28.7 Å². The molecule has 0 aliphatic carbocycles. The van der Waals surface area contributed by atoms with Crippen molar-refractivity contribution in [3.63, 3.8) is 0 Å². The molecule has 4 rings (SSSR count). The van der Waals surface area contributed by atoms with Crippen LogP contribution in [0.2, 0.25) is 0 Å². The van der Waals surface area contributed by atoms with Gasteiger partial charge in [0.05, 0.1) is 11.6 Å². The number of carbonyl (C=O) groups excluding carboxylic acids is 1. The number of benzene rings is 3. The van der Waals surface area contributed by atoms with E-state index in [1.165, 1.54) is 5.56 Å². The summed E-state index contributed by atoms with van der Waals surface area (Å²) < 4.78 is 6.18. The van der Waals surface area contributed by atoms with Crippen molar-refractivity contribution in [3.05, 3.63) is 107 Å². The van der Waals surface area contributed by atoms with Crippen LogP contribution in [0.25, 0.3) is 0 Å². The van der Waals surface area contributed by atoms with Crippen molar-refractivity contribution in [3.8, 4) is 5.75 Å². The lowest BCUT2D eigenvalue weighted by molar-refractivity contribution is -0.113. The molecule has 1 atom stereocenters. The van der Waals surface area contributed by atoms with Gasteiger partial charge < -0.3 is 20.7 Å². The van der Waals surface area contributed by atoms with E-state index in [2.05, 4.69) is 47.1 Å². The zero-order valence-electron chi connectivity index (χ0n) is 18.0. The SMILES string of the molecule is CC1=C(C(=O)Nc2ccccc2)[C@@H](c2ccccc2OCc2ccc(C)cc2)NC(=S)N1. The molecule has 0 saturated heterocycles. The summed E-state index contributed by atoms with van der Waals surface area (Å²) in [6, 6.07) is 24.9. The summed E-state index contributed by atoms with van der Waals surface area (Å²) in [6.07, 6.45) is 0. The molecule has 3 N–H and O–H groups in total. The number of anilines is 1. The Kier molecular flexibility index (Phi) is 6.52. The van der Waals surface area contributed by atoms with Crippen molar-refractivity contribution in [2.45, 2.75) is 26.5 Å². The van der Waals surface area contributed by atoms with E-state index in [-0.39, 0.29) is 5.91 Å². The highest BCUT2D eigenvalue weighted by atomic mass is 32.1. The van der Waals surface area contributed by atoms with E-state index in [1.54, 1.807) is 0 Å². The summed E-state index contributed by atoms with van der Waals surface area (Å²) in [5.74, 6) is 0.502. The van der Waals surface area contributed by atoms with Crippen LogP contribution in [-0.4, -0.2) is 11.0 Å². The average molecular weight is 444 g/mol. The number of nitrogens with one attached hydrogen (secondary N) is 3. The summed E-state index contributed by atoms with van der Waals surface area (Å²) >= 11 is 5.40. The Bertz CT molecular complexity index is 1160. The van der Waals surface area contributed by atoms with Gasteiger partial charge in [0, 0.05) is 16.9 Å². The summed E-state index contributed by atoms with van der Waals surface area (Å²) in [6.45, 7) is 4.35. The Hall–Kier alpha value is -3.64. The monoisotopic (exact) mass is 443 g/mol. The van der Waals surface area contributed by atoms with Crippen LogP contribution in [0.5, 0.6) is 5.75 Å². The molecule has 1 aliphatic heterocycles. The van der Waals surface area contributed by atoms with Gasteiger partial charge in [0.15, 0.2) is 5.11 Å². The van der Waals surface area contributed by atoms with E-state index in [0.717, 1.165) is 16.8 Å². The number of amides is 1. The number of allylic oxidation sites excluding steroid dienone is 1. The van der Waals surface area contributed by atoms with Crippen LogP contribution in [0.1, 0.15) is 29.7 Å². The molecule has 1 aliphatic rings. The third-order valence-corrected chi connectivity index (χ3v) is 5.51. The van der Waals surface area contributed by atoms with Gasteiger partial charge in [-0.1, -0.05) is 66.2 Å². The maximum Gasteiger partial charge on any atom is 0.255 e. The lowest BCUT2D eigenvalue weighted by Gasteiger charge is -2.31. The lowest BCUT2D eigenvalue weighted by Crippen LogP contribution is -2.45. The van der Waals surface area contributed by atoms with Gasteiger partial charge in [-0.15, -0.1) is 0 Å². The zero-order valence-corrected chi connectivity index (χ0v) is 18.8. The Morgan fingerprint density at radius 1 is 0.969 bits per heavy atom. The minimum Gasteiger partial charge on any atom is -0.489 e.